The van der Waals surface area contributed by atoms with Gasteiger partial charge in [-0.25, -0.2) is 0 Å². The van der Waals surface area contributed by atoms with E-state index in [9.17, 15) is 9.90 Å². The van der Waals surface area contributed by atoms with Crippen molar-refractivity contribution in [1.82, 2.24) is 0 Å². The number of carbonyl (C=O) groups excluding carboxylic acids is 1. The zero-order chi connectivity index (χ0) is 16.2. The number of phenols is 1. The highest BCUT2D eigenvalue weighted by atomic mass is 35.5. The van der Waals surface area contributed by atoms with Crippen LogP contribution in [0.1, 0.15) is 0 Å². The molecule has 116 valence electrons. The summed E-state index contributed by atoms with van der Waals surface area (Å²) in [6, 6.07) is 18.8. The molecule has 0 aromatic heterocycles. The first-order valence-corrected chi connectivity index (χ1v) is 8.38. The van der Waals surface area contributed by atoms with E-state index in [1.807, 2.05) is 30.3 Å². The minimum atomic E-state index is -0.180. The quantitative estimate of drug-likeness (QED) is 0.521. The van der Waals surface area contributed by atoms with Gasteiger partial charge in [-0.2, -0.15) is 0 Å². The second-order valence-corrected chi connectivity index (χ2v) is 6.49. The minimum Gasteiger partial charge on any atom is -0.506 e. The molecule has 3 rings (SSSR count). The van der Waals surface area contributed by atoms with Gasteiger partial charge in [-0.05, 0) is 35.0 Å². The molecule has 0 saturated carbocycles. The number of phenolic OH excluding ortho intramolecular Hbond substituents is 1. The Morgan fingerprint density at radius 3 is 2.61 bits per heavy atom. The molecule has 0 bridgehead atoms. The Hall–Kier alpha value is -2.17. The van der Waals surface area contributed by atoms with Crippen molar-refractivity contribution in [2.45, 2.75) is 4.90 Å². The molecule has 0 fully saturated rings. The lowest BCUT2D eigenvalue weighted by Gasteiger charge is -2.08. The van der Waals surface area contributed by atoms with Gasteiger partial charge < -0.3 is 10.4 Å². The van der Waals surface area contributed by atoms with Crippen molar-refractivity contribution >= 4 is 45.7 Å². The number of halogens is 1. The summed E-state index contributed by atoms with van der Waals surface area (Å²) >= 11 is 7.22. The number of anilines is 1. The molecule has 5 heteroatoms. The van der Waals surface area contributed by atoms with Crippen LogP contribution in [-0.4, -0.2) is 16.8 Å². The number of benzene rings is 3. The molecule has 0 aliphatic rings. The van der Waals surface area contributed by atoms with Crippen LogP contribution in [0.5, 0.6) is 5.75 Å². The number of hydrogen-bond donors (Lipinski definition) is 2. The first-order chi connectivity index (χ1) is 11.1. The highest BCUT2D eigenvalue weighted by Gasteiger charge is 2.08. The summed E-state index contributed by atoms with van der Waals surface area (Å²) in [4.78, 5) is 13.0. The van der Waals surface area contributed by atoms with Crippen molar-refractivity contribution in [3.05, 3.63) is 65.7 Å². The van der Waals surface area contributed by atoms with E-state index in [0.29, 0.717) is 10.7 Å². The number of hydrogen-bond acceptors (Lipinski definition) is 3. The fourth-order valence-electron chi connectivity index (χ4n) is 2.20. The Bertz CT molecular complexity index is 867. The second kappa shape index (κ2) is 6.94. The summed E-state index contributed by atoms with van der Waals surface area (Å²) in [5, 5.41) is 15.2. The van der Waals surface area contributed by atoms with E-state index >= 15 is 0 Å². The molecule has 1 amide bonds. The third-order valence-corrected chi connectivity index (χ3v) is 4.55. The molecule has 0 aliphatic heterocycles. The number of fused-ring (bicyclic) bond motifs is 1. The van der Waals surface area contributed by atoms with Crippen LogP contribution in [-0.2, 0) is 4.79 Å². The Kier molecular flexibility index (Phi) is 4.74. The largest absolute Gasteiger partial charge is 0.506 e. The molecule has 0 heterocycles. The third kappa shape index (κ3) is 3.97. The molecule has 0 aliphatic carbocycles. The molecule has 3 aromatic rings. The summed E-state index contributed by atoms with van der Waals surface area (Å²) < 4.78 is 0. The van der Waals surface area contributed by atoms with Gasteiger partial charge in [0.15, 0.2) is 0 Å². The molecular weight excluding hydrogens is 330 g/mol. The lowest BCUT2D eigenvalue weighted by atomic mass is 10.1. The highest BCUT2D eigenvalue weighted by Crippen LogP contribution is 2.27. The van der Waals surface area contributed by atoms with Gasteiger partial charge in [0.25, 0.3) is 0 Å². The van der Waals surface area contributed by atoms with Crippen LogP contribution in [0.3, 0.4) is 0 Å². The van der Waals surface area contributed by atoms with E-state index in [1.165, 1.54) is 23.2 Å². The molecule has 2 N–H and O–H groups in total. The van der Waals surface area contributed by atoms with Crippen molar-refractivity contribution in [2.24, 2.45) is 0 Å². The Labute approximate surface area is 143 Å². The van der Waals surface area contributed by atoms with Gasteiger partial charge in [0.2, 0.25) is 5.91 Å². The van der Waals surface area contributed by atoms with Crippen LogP contribution in [0.15, 0.2) is 65.6 Å². The summed E-state index contributed by atoms with van der Waals surface area (Å²) in [6.07, 6.45) is 0. The van der Waals surface area contributed by atoms with E-state index in [1.54, 1.807) is 12.1 Å². The number of aromatic hydroxyl groups is 1. The SMILES string of the molecule is O=C(CSc1ccc2ccccc2c1)Nc1ccc(Cl)cc1O. The zero-order valence-corrected chi connectivity index (χ0v) is 13.7. The van der Waals surface area contributed by atoms with E-state index in [4.69, 9.17) is 11.6 Å². The first-order valence-electron chi connectivity index (χ1n) is 7.02. The molecule has 23 heavy (non-hydrogen) atoms. The van der Waals surface area contributed by atoms with E-state index in [0.717, 1.165) is 10.3 Å². The standard InChI is InChI=1S/C18H14ClNO2S/c19-14-6-8-16(17(21)10-14)20-18(22)11-23-15-7-5-12-3-1-2-4-13(12)9-15/h1-10,21H,11H2,(H,20,22). The predicted octanol–water partition coefficient (Wildman–Crippen LogP) is 4.93. The van der Waals surface area contributed by atoms with Gasteiger partial charge in [0, 0.05) is 16.0 Å². The van der Waals surface area contributed by atoms with Crippen LogP contribution in [0.4, 0.5) is 5.69 Å². The highest BCUT2D eigenvalue weighted by molar-refractivity contribution is 8.00. The normalized spacial score (nSPS) is 10.7. The summed E-state index contributed by atoms with van der Waals surface area (Å²) in [6.45, 7) is 0. The lowest BCUT2D eigenvalue weighted by molar-refractivity contribution is -0.113. The topological polar surface area (TPSA) is 49.3 Å². The summed E-state index contributed by atoms with van der Waals surface area (Å²) in [7, 11) is 0. The van der Waals surface area contributed by atoms with E-state index < -0.39 is 0 Å². The monoisotopic (exact) mass is 343 g/mol. The van der Waals surface area contributed by atoms with Crippen LogP contribution >= 0.6 is 23.4 Å². The predicted molar refractivity (Wildman–Crippen MR) is 96.4 cm³/mol. The summed E-state index contributed by atoms with van der Waals surface area (Å²) in [5.74, 6) is 0.0442. The number of rotatable bonds is 4. The van der Waals surface area contributed by atoms with Gasteiger partial charge in [0.05, 0.1) is 11.4 Å². The smallest absolute Gasteiger partial charge is 0.234 e. The van der Waals surface area contributed by atoms with Crippen molar-refractivity contribution in [3.8, 4) is 5.75 Å². The zero-order valence-electron chi connectivity index (χ0n) is 12.1. The van der Waals surface area contributed by atoms with Crippen molar-refractivity contribution in [3.63, 3.8) is 0 Å². The molecule has 0 unspecified atom stereocenters. The molecule has 0 spiro atoms. The van der Waals surface area contributed by atoms with Gasteiger partial charge in [-0.1, -0.05) is 41.9 Å². The van der Waals surface area contributed by atoms with Gasteiger partial charge in [0.1, 0.15) is 5.75 Å². The van der Waals surface area contributed by atoms with Crippen LogP contribution in [0, 0.1) is 0 Å². The number of thioether (sulfide) groups is 1. The van der Waals surface area contributed by atoms with Crippen molar-refractivity contribution < 1.29 is 9.90 Å². The first kappa shape index (κ1) is 15.7. The fraction of sp³-hybridized carbons (Fsp3) is 0.0556. The van der Waals surface area contributed by atoms with Crippen LogP contribution in [0.2, 0.25) is 5.02 Å². The lowest BCUT2D eigenvalue weighted by Crippen LogP contribution is -2.14. The molecular formula is C18H14ClNO2S. The molecule has 0 radical (unpaired) electrons. The van der Waals surface area contributed by atoms with Crippen LogP contribution < -0.4 is 5.32 Å². The number of nitrogens with one attached hydrogen (secondary N) is 1. The maximum absolute atomic E-state index is 12.0. The average Bonchev–Trinajstić information content (AvgIpc) is 2.55. The van der Waals surface area contributed by atoms with E-state index in [2.05, 4.69) is 17.4 Å². The molecule has 0 saturated heterocycles. The minimum absolute atomic E-state index is 0.0402. The van der Waals surface area contributed by atoms with E-state index in [-0.39, 0.29) is 17.4 Å². The van der Waals surface area contributed by atoms with Gasteiger partial charge in [-0.3, -0.25) is 4.79 Å². The van der Waals surface area contributed by atoms with Gasteiger partial charge >= 0.3 is 0 Å². The molecule has 3 nitrogen and oxygen atoms in total. The maximum Gasteiger partial charge on any atom is 0.234 e. The Morgan fingerprint density at radius 2 is 1.83 bits per heavy atom. The van der Waals surface area contributed by atoms with Crippen LogP contribution in [0.25, 0.3) is 10.8 Å². The average molecular weight is 344 g/mol. The number of amides is 1. The fourth-order valence-corrected chi connectivity index (χ4v) is 3.11. The van der Waals surface area contributed by atoms with Gasteiger partial charge in [-0.15, -0.1) is 11.8 Å². The Morgan fingerprint density at radius 1 is 1.04 bits per heavy atom. The van der Waals surface area contributed by atoms with Crippen molar-refractivity contribution in [2.75, 3.05) is 11.1 Å². The van der Waals surface area contributed by atoms with Crippen molar-refractivity contribution in [1.29, 1.82) is 0 Å². The molecule has 0 atom stereocenters. The maximum atomic E-state index is 12.0. The third-order valence-electron chi connectivity index (χ3n) is 3.32. The molecule has 3 aromatic carbocycles. The summed E-state index contributed by atoms with van der Waals surface area (Å²) in [5.41, 5.74) is 0.360. The number of carbonyl (C=O) groups is 1. The second-order valence-electron chi connectivity index (χ2n) is 5.01. The Balaban J connectivity index is 1.63.